The van der Waals surface area contributed by atoms with E-state index in [4.69, 9.17) is 10.1 Å². The molecule has 3 heterocycles. The summed E-state index contributed by atoms with van der Waals surface area (Å²) in [6, 6.07) is 15.8. The van der Waals surface area contributed by atoms with Gasteiger partial charge in [-0.15, -0.1) is 0 Å². The third kappa shape index (κ3) is 4.84. The molecule has 0 spiro atoms. The second-order valence-corrected chi connectivity index (χ2v) is 10.8. The number of piperidine rings is 1. The number of hydrogen-bond acceptors (Lipinski definition) is 8. The van der Waals surface area contributed by atoms with Gasteiger partial charge in [-0.25, -0.2) is 13.4 Å². The topological polar surface area (TPSA) is 114 Å². The van der Waals surface area contributed by atoms with Crippen LogP contribution in [0.2, 0.25) is 0 Å². The van der Waals surface area contributed by atoms with Crippen LogP contribution in [0.4, 0.5) is 11.5 Å². The number of benzene rings is 2. The van der Waals surface area contributed by atoms with Gasteiger partial charge in [-0.05, 0) is 48.7 Å². The van der Waals surface area contributed by atoms with E-state index >= 15 is 0 Å². The van der Waals surface area contributed by atoms with Crippen molar-refractivity contribution in [2.45, 2.75) is 23.0 Å². The van der Waals surface area contributed by atoms with E-state index in [0.29, 0.717) is 10.9 Å². The quantitative estimate of drug-likeness (QED) is 0.387. The summed E-state index contributed by atoms with van der Waals surface area (Å²) >= 11 is 1.44. The molecule has 8 nitrogen and oxygen atoms in total. The van der Waals surface area contributed by atoms with Gasteiger partial charge in [0.25, 0.3) is 10.0 Å². The van der Waals surface area contributed by atoms with Gasteiger partial charge in [0, 0.05) is 30.1 Å². The lowest BCUT2D eigenvalue weighted by Gasteiger charge is -2.31. The molecule has 1 fully saturated rings. The number of nitrogens with one attached hydrogen (secondary N) is 1. The highest BCUT2D eigenvalue weighted by Gasteiger charge is 2.20. The summed E-state index contributed by atoms with van der Waals surface area (Å²) in [7, 11) is -3.70. The largest absolute Gasteiger partial charge is 0.355 e. The minimum absolute atomic E-state index is 0.197. The van der Waals surface area contributed by atoms with Crippen LogP contribution in [0.5, 0.6) is 0 Å². The van der Waals surface area contributed by atoms with Gasteiger partial charge in [-0.1, -0.05) is 36.2 Å². The van der Waals surface area contributed by atoms with Crippen molar-refractivity contribution in [3.63, 3.8) is 0 Å². The van der Waals surface area contributed by atoms with Gasteiger partial charge in [-0.3, -0.25) is 19.8 Å². The molecular formula is C24H24N6O2S2. The van der Waals surface area contributed by atoms with Crippen LogP contribution in [0.15, 0.2) is 78.1 Å². The Morgan fingerprint density at radius 1 is 0.941 bits per heavy atom. The Morgan fingerprint density at radius 2 is 1.74 bits per heavy atom. The molecule has 1 saturated heterocycles. The molecule has 0 saturated carbocycles. The molecule has 1 aliphatic heterocycles. The highest BCUT2D eigenvalue weighted by Crippen LogP contribution is 2.28. The SMILES string of the molecule is NSC1CCN(c2cnc3ccc(-c4cncc(NS(=O)(=O)c5ccccc5)c4)cc3n2)CC1. The Balaban J connectivity index is 1.41. The summed E-state index contributed by atoms with van der Waals surface area (Å²) in [6.07, 6.45) is 7.06. The summed E-state index contributed by atoms with van der Waals surface area (Å²) < 4.78 is 28.0. The summed E-state index contributed by atoms with van der Waals surface area (Å²) in [5.74, 6) is 0.854. The van der Waals surface area contributed by atoms with Crippen molar-refractivity contribution in [3.05, 3.63) is 73.2 Å². The highest BCUT2D eigenvalue weighted by atomic mass is 32.2. The van der Waals surface area contributed by atoms with Crippen molar-refractivity contribution in [3.8, 4) is 11.1 Å². The second-order valence-electron chi connectivity index (χ2n) is 8.14. The molecule has 0 unspecified atom stereocenters. The first-order valence-corrected chi connectivity index (χ1v) is 13.3. The lowest BCUT2D eigenvalue weighted by molar-refractivity contribution is 0.586. The van der Waals surface area contributed by atoms with Gasteiger partial charge in [0.05, 0.1) is 34.0 Å². The first kappa shape index (κ1) is 22.6. The van der Waals surface area contributed by atoms with Crippen LogP contribution in [0, 0.1) is 0 Å². The van der Waals surface area contributed by atoms with Crippen LogP contribution < -0.4 is 14.8 Å². The fraction of sp³-hybridized carbons (Fsp3) is 0.208. The third-order valence-corrected chi connectivity index (χ3v) is 8.12. The number of pyridine rings is 1. The molecule has 2 aromatic carbocycles. The predicted octanol–water partition coefficient (Wildman–Crippen LogP) is 4.07. The molecule has 0 atom stereocenters. The fourth-order valence-electron chi connectivity index (χ4n) is 4.02. The lowest BCUT2D eigenvalue weighted by Crippen LogP contribution is -2.35. The minimum atomic E-state index is -3.70. The van der Waals surface area contributed by atoms with Crippen molar-refractivity contribution in [1.29, 1.82) is 0 Å². The van der Waals surface area contributed by atoms with Crippen molar-refractivity contribution in [2.75, 3.05) is 22.7 Å². The first-order chi connectivity index (χ1) is 16.5. The van der Waals surface area contributed by atoms with E-state index in [2.05, 4.69) is 19.6 Å². The number of nitrogens with zero attached hydrogens (tertiary/aromatic N) is 4. The number of aromatic nitrogens is 3. The Morgan fingerprint density at radius 3 is 2.50 bits per heavy atom. The van der Waals surface area contributed by atoms with E-state index < -0.39 is 10.0 Å². The lowest BCUT2D eigenvalue weighted by atomic mass is 10.1. The predicted molar refractivity (Wildman–Crippen MR) is 137 cm³/mol. The molecular weight excluding hydrogens is 468 g/mol. The molecule has 4 aromatic rings. The summed E-state index contributed by atoms with van der Waals surface area (Å²) in [6.45, 7) is 1.81. The summed E-state index contributed by atoms with van der Waals surface area (Å²) in [5.41, 5.74) is 3.63. The van der Waals surface area contributed by atoms with Crippen molar-refractivity contribution < 1.29 is 8.42 Å². The van der Waals surface area contributed by atoms with Crippen LogP contribution in [0.1, 0.15) is 12.8 Å². The maximum Gasteiger partial charge on any atom is 0.261 e. The molecule has 34 heavy (non-hydrogen) atoms. The smallest absolute Gasteiger partial charge is 0.261 e. The van der Waals surface area contributed by atoms with E-state index in [0.717, 1.165) is 53.9 Å². The maximum absolute atomic E-state index is 12.7. The molecule has 3 N–H and O–H groups in total. The number of sulfonamides is 1. The minimum Gasteiger partial charge on any atom is -0.355 e. The van der Waals surface area contributed by atoms with Crippen molar-refractivity contribution in [2.24, 2.45) is 5.14 Å². The summed E-state index contributed by atoms with van der Waals surface area (Å²) in [4.78, 5) is 16.1. The number of anilines is 2. The molecule has 0 amide bonds. The molecule has 0 radical (unpaired) electrons. The van der Waals surface area contributed by atoms with Crippen LogP contribution >= 0.6 is 11.9 Å². The molecule has 10 heteroatoms. The normalized spacial score (nSPS) is 14.9. The van der Waals surface area contributed by atoms with Crippen molar-refractivity contribution in [1.82, 2.24) is 15.0 Å². The number of hydrogen-bond donors (Lipinski definition) is 2. The van der Waals surface area contributed by atoms with E-state index in [9.17, 15) is 8.42 Å². The van der Waals surface area contributed by atoms with Gasteiger partial charge in [0.1, 0.15) is 5.82 Å². The average molecular weight is 493 g/mol. The second kappa shape index (κ2) is 9.57. The first-order valence-electron chi connectivity index (χ1n) is 10.9. The van der Waals surface area contributed by atoms with Crippen molar-refractivity contribution >= 4 is 44.5 Å². The molecule has 1 aliphatic rings. The molecule has 0 bridgehead atoms. The Kier molecular flexibility index (Phi) is 6.36. The molecule has 2 aromatic heterocycles. The standard InChI is InChI=1S/C24H24N6O2S2/c25-33-20-8-10-30(11-9-20)24-16-27-22-7-6-17(13-23(22)28-24)18-12-19(15-26-14-18)29-34(31,32)21-4-2-1-3-5-21/h1-7,12-16,20,29H,8-11,25H2. The number of nitrogens with two attached hydrogens (primary N) is 1. The molecule has 174 valence electrons. The fourth-order valence-corrected chi connectivity index (χ4v) is 5.56. The van der Waals surface area contributed by atoms with Gasteiger partial charge >= 0.3 is 0 Å². The van der Waals surface area contributed by atoms with Gasteiger partial charge in [0.15, 0.2) is 0 Å². The Hall–Kier alpha value is -3.21. The van der Waals surface area contributed by atoms with Crippen LogP contribution in [0.3, 0.4) is 0 Å². The zero-order chi connectivity index (χ0) is 23.5. The molecule has 0 aliphatic carbocycles. The summed E-state index contributed by atoms with van der Waals surface area (Å²) in [5, 5.41) is 6.23. The van der Waals surface area contributed by atoms with Crippen LogP contribution in [0.25, 0.3) is 22.2 Å². The number of fused-ring (bicyclic) bond motifs is 1. The maximum atomic E-state index is 12.7. The Labute approximate surface area is 202 Å². The van der Waals surface area contributed by atoms with Gasteiger partial charge < -0.3 is 4.90 Å². The van der Waals surface area contributed by atoms with Crippen LogP contribution in [-0.2, 0) is 10.0 Å². The van der Waals surface area contributed by atoms with Gasteiger partial charge in [-0.2, -0.15) is 0 Å². The van der Waals surface area contributed by atoms with E-state index in [1.54, 1.807) is 42.6 Å². The Bertz CT molecular complexity index is 1410. The zero-order valence-corrected chi connectivity index (χ0v) is 20.0. The highest BCUT2D eigenvalue weighted by molar-refractivity contribution is 7.97. The van der Waals surface area contributed by atoms with E-state index in [1.807, 2.05) is 24.4 Å². The van der Waals surface area contributed by atoms with E-state index in [-0.39, 0.29) is 4.90 Å². The van der Waals surface area contributed by atoms with Gasteiger partial charge in [0.2, 0.25) is 0 Å². The molecule has 5 rings (SSSR count). The number of rotatable bonds is 6. The van der Waals surface area contributed by atoms with E-state index in [1.165, 1.54) is 18.1 Å². The average Bonchev–Trinajstić information content (AvgIpc) is 2.88. The van der Waals surface area contributed by atoms with Crippen LogP contribution in [-0.4, -0.2) is 41.7 Å². The third-order valence-electron chi connectivity index (χ3n) is 5.87. The monoisotopic (exact) mass is 492 g/mol. The zero-order valence-electron chi connectivity index (χ0n) is 18.3.